The van der Waals surface area contributed by atoms with E-state index >= 15 is 0 Å². The van der Waals surface area contributed by atoms with Crippen LogP contribution < -0.4 is 5.32 Å². The van der Waals surface area contributed by atoms with Crippen LogP contribution >= 0.6 is 0 Å². The van der Waals surface area contributed by atoms with Crippen molar-refractivity contribution >= 4 is 0 Å². The van der Waals surface area contributed by atoms with Gasteiger partial charge in [0.1, 0.15) is 5.82 Å². The van der Waals surface area contributed by atoms with Crippen molar-refractivity contribution < 1.29 is 0 Å². The quantitative estimate of drug-likeness (QED) is 0.853. The van der Waals surface area contributed by atoms with Crippen molar-refractivity contribution in [2.75, 3.05) is 6.54 Å². The molecule has 0 aliphatic heterocycles. The lowest BCUT2D eigenvalue weighted by Crippen LogP contribution is -2.41. The SMILES string of the molecule is Cn1ccnc1CC1CCCCCC1CNC(C)(C)C. The molecular formula is C17H31N3. The first-order valence-corrected chi connectivity index (χ1v) is 8.17. The fourth-order valence-corrected chi connectivity index (χ4v) is 3.26. The Bertz CT molecular complexity index is 403. The average Bonchev–Trinajstić information content (AvgIpc) is 2.63. The third-order valence-electron chi connectivity index (χ3n) is 4.58. The predicted molar refractivity (Wildman–Crippen MR) is 84.7 cm³/mol. The fourth-order valence-electron chi connectivity index (χ4n) is 3.26. The molecule has 2 rings (SSSR count). The van der Waals surface area contributed by atoms with Gasteiger partial charge in [0.15, 0.2) is 0 Å². The number of nitrogens with zero attached hydrogens (tertiary/aromatic N) is 2. The molecule has 3 heteroatoms. The fraction of sp³-hybridized carbons (Fsp3) is 0.824. The number of nitrogens with one attached hydrogen (secondary N) is 1. The number of hydrogen-bond acceptors (Lipinski definition) is 2. The molecule has 1 aliphatic carbocycles. The van der Waals surface area contributed by atoms with Crippen LogP contribution in [0.1, 0.15) is 58.7 Å². The molecule has 1 heterocycles. The van der Waals surface area contributed by atoms with Crippen molar-refractivity contribution in [1.82, 2.24) is 14.9 Å². The van der Waals surface area contributed by atoms with Gasteiger partial charge in [-0.1, -0.05) is 19.3 Å². The van der Waals surface area contributed by atoms with Gasteiger partial charge in [0.2, 0.25) is 0 Å². The topological polar surface area (TPSA) is 29.9 Å². The second-order valence-electron chi connectivity index (χ2n) is 7.45. The summed E-state index contributed by atoms with van der Waals surface area (Å²) < 4.78 is 2.18. The van der Waals surface area contributed by atoms with Crippen LogP contribution in [0, 0.1) is 11.8 Å². The highest BCUT2D eigenvalue weighted by Crippen LogP contribution is 2.31. The second kappa shape index (κ2) is 6.75. The van der Waals surface area contributed by atoms with E-state index < -0.39 is 0 Å². The van der Waals surface area contributed by atoms with Crippen molar-refractivity contribution in [1.29, 1.82) is 0 Å². The molecule has 0 radical (unpaired) electrons. The molecule has 1 aromatic rings. The van der Waals surface area contributed by atoms with E-state index in [9.17, 15) is 0 Å². The zero-order valence-electron chi connectivity index (χ0n) is 13.7. The first-order chi connectivity index (χ1) is 9.46. The molecule has 0 spiro atoms. The molecule has 2 unspecified atom stereocenters. The van der Waals surface area contributed by atoms with Crippen molar-refractivity contribution in [2.24, 2.45) is 18.9 Å². The van der Waals surface area contributed by atoms with Gasteiger partial charge in [-0.05, 0) is 52.0 Å². The summed E-state index contributed by atoms with van der Waals surface area (Å²) in [6.45, 7) is 7.94. The van der Waals surface area contributed by atoms with E-state index in [2.05, 4.69) is 48.9 Å². The third-order valence-corrected chi connectivity index (χ3v) is 4.58. The number of rotatable bonds is 4. The van der Waals surface area contributed by atoms with Crippen molar-refractivity contribution in [2.45, 2.75) is 64.8 Å². The summed E-state index contributed by atoms with van der Waals surface area (Å²) in [5.74, 6) is 2.83. The molecule has 1 fully saturated rings. The Morgan fingerprint density at radius 1 is 1.20 bits per heavy atom. The summed E-state index contributed by atoms with van der Waals surface area (Å²) in [4.78, 5) is 4.53. The van der Waals surface area contributed by atoms with Crippen LogP contribution in [0.4, 0.5) is 0 Å². The molecule has 0 bridgehead atoms. The summed E-state index contributed by atoms with van der Waals surface area (Å²) >= 11 is 0. The molecule has 0 amide bonds. The maximum atomic E-state index is 4.53. The Morgan fingerprint density at radius 3 is 2.50 bits per heavy atom. The van der Waals surface area contributed by atoms with Crippen LogP contribution in [0.15, 0.2) is 12.4 Å². The number of hydrogen-bond donors (Lipinski definition) is 1. The van der Waals surface area contributed by atoms with Gasteiger partial charge in [-0.15, -0.1) is 0 Å². The van der Waals surface area contributed by atoms with Gasteiger partial charge in [-0.2, -0.15) is 0 Å². The lowest BCUT2D eigenvalue weighted by molar-refractivity contribution is 0.266. The first kappa shape index (κ1) is 15.6. The second-order valence-corrected chi connectivity index (χ2v) is 7.45. The smallest absolute Gasteiger partial charge is 0.108 e. The largest absolute Gasteiger partial charge is 0.338 e. The van der Waals surface area contributed by atoms with Gasteiger partial charge < -0.3 is 9.88 Å². The Morgan fingerprint density at radius 2 is 1.90 bits per heavy atom. The van der Waals surface area contributed by atoms with Crippen molar-refractivity contribution in [3.8, 4) is 0 Å². The Kier molecular flexibility index (Phi) is 5.25. The average molecular weight is 277 g/mol. The molecule has 1 aliphatic rings. The summed E-state index contributed by atoms with van der Waals surface area (Å²) in [6.07, 6.45) is 12.1. The summed E-state index contributed by atoms with van der Waals surface area (Å²) in [5.41, 5.74) is 0.222. The number of imidazole rings is 1. The van der Waals surface area contributed by atoms with Crippen LogP contribution in [0.25, 0.3) is 0 Å². The minimum absolute atomic E-state index is 0.222. The monoisotopic (exact) mass is 277 g/mol. The minimum Gasteiger partial charge on any atom is -0.338 e. The molecule has 1 N–H and O–H groups in total. The van der Waals surface area contributed by atoms with Crippen LogP contribution in [-0.2, 0) is 13.5 Å². The first-order valence-electron chi connectivity index (χ1n) is 8.17. The van der Waals surface area contributed by atoms with E-state index in [1.54, 1.807) is 0 Å². The van der Waals surface area contributed by atoms with E-state index in [-0.39, 0.29) is 5.54 Å². The molecule has 0 aromatic carbocycles. The number of aryl methyl sites for hydroxylation is 1. The molecule has 0 saturated heterocycles. The molecule has 114 valence electrons. The van der Waals surface area contributed by atoms with Crippen LogP contribution in [0.2, 0.25) is 0 Å². The predicted octanol–water partition coefficient (Wildman–Crippen LogP) is 3.55. The van der Waals surface area contributed by atoms with Crippen molar-refractivity contribution in [3.63, 3.8) is 0 Å². The summed E-state index contributed by atoms with van der Waals surface area (Å²) in [5, 5.41) is 3.72. The van der Waals surface area contributed by atoms with Gasteiger partial charge in [-0.3, -0.25) is 0 Å². The van der Waals surface area contributed by atoms with E-state index in [4.69, 9.17) is 0 Å². The summed E-state index contributed by atoms with van der Waals surface area (Å²) in [6, 6.07) is 0. The molecule has 1 saturated carbocycles. The zero-order chi connectivity index (χ0) is 14.6. The van der Waals surface area contributed by atoms with Crippen LogP contribution in [-0.4, -0.2) is 21.6 Å². The van der Waals surface area contributed by atoms with E-state index in [0.717, 1.165) is 24.8 Å². The van der Waals surface area contributed by atoms with Crippen LogP contribution in [0.3, 0.4) is 0 Å². The van der Waals surface area contributed by atoms with Gasteiger partial charge >= 0.3 is 0 Å². The normalized spacial score (nSPS) is 24.6. The van der Waals surface area contributed by atoms with Crippen molar-refractivity contribution in [3.05, 3.63) is 18.2 Å². The Balaban J connectivity index is 1.99. The van der Waals surface area contributed by atoms with Gasteiger partial charge in [0.05, 0.1) is 0 Å². The lowest BCUT2D eigenvalue weighted by Gasteiger charge is -2.29. The maximum absolute atomic E-state index is 4.53. The molecular weight excluding hydrogens is 246 g/mol. The Hall–Kier alpha value is -0.830. The minimum atomic E-state index is 0.222. The molecule has 3 nitrogen and oxygen atoms in total. The Labute approximate surface area is 124 Å². The third kappa shape index (κ3) is 4.62. The summed E-state index contributed by atoms with van der Waals surface area (Å²) in [7, 11) is 2.11. The van der Waals surface area contributed by atoms with Crippen LogP contribution in [0.5, 0.6) is 0 Å². The van der Waals surface area contributed by atoms with Gasteiger partial charge in [0.25, 0.3) is 0 Å². The molecule has 1 aromatic heterocycles. The highest BCUT2D eigenvalue weighted by molar-refractivity contribution is 4.95. The standard InChI is InChI=1S/C17H31N3/c1-17(2,3)19-13-15-9-7-5-6-8-14(15)12-16-18-10-11-20(16)4/h10-11,14-15,19H,5-9,12-13H2,1-4H3. The van der Waals surface area contributed by atoms with Gasteiger partial charge in [-0.25, -0.2) is 4.98 Å². The highest BCUT2D eigenvalue weighted by Gasteiger charge is 2.26. The number of aromatic nitrogens is 2. The van der Waals surface area contributed by atoms with E-state index in [1.807, 2.05) is 6.20 Å². The zero-order valence-corrected chi connectivity index (χ0v) is 13.7. The van der Waals surface area contributed by atoms with E-state index in [0.29, 0.717) is 0 Å². The van der Waals surface area contributed by atoms with Gasteiger partial charge in [0, 0.05) is 31.4 Å². The highest BCUT2D eigenvalue weighted by atomic mass is 15.0. The molecule has 2 atom stereocenters. The lowest BCUT2D eigenvalue weighted by atomic mass is 9.84. The molecule has 20 heavy (non-hydrogen) atoms. The maximum Gasteiger partial charge on any atom is 0.108 e. The van der Waals surface area contributed by atoms with E-state index in [1.165, 1.54) is 37.9 Å².